The van der Waals surface area contributed by atoms with Crippen molar-refractivity contribution in [2.75, 3.05) is 30.6 Å². The first-order chi connectivity index (χ1) is 18.9. The van der Waals surface area contributed by atoms with Crippen molar-refractivity contribution in [2.45, 2.75) is 25.9 Å². The van der Waals surface area contributed by atoms with Gasteiger partial charge in [-0.3, -0.25) is 19.2 Å². The number of halogens is 2. The monoisotopic (exact) mass is 602 g/mol. The zero-order chi connectivity index (χ0) is 29.0. The molecule has 0 radical (unpaired) electrons. The number of likely N-dealkylation sites (N-methyl/N-ethyl adjacent to an activating group) is 1. The average Bonchev–Trinajstić information content (AvgIpc) is 2.88. The van der Waals surface area contributed by atoms with E-state index in [9.17, 15) is 18.0 Å². The van der Waals surface area contributed by atoms with Gasteiger partial charge in [0, 0.05) is 47.4 Å². The van der Waals surface area contributed by atoms with Crippen molar-refractivity contribution in [3.8, 4) is 0 Å². The molecule has 1 atom stereocenters. The Labute approximate surface area is 245 Å². The summed E-state index contributed by atoms with van der Waals surface area (Å²) in [6.45, 7) is 4.53. The highest BCUT2D eigenvalue weighted by Gasteiger charge is 2.36. The van der Waals surface area contributed by atoms with E-state index in [0.29, 0.717) is 34.4 Å². The molecule has 3 aromatic carbocycles. The summed E-state index contributed by atoms with van der Waals surface area (Å²) < 4.78 is 28.8. The summed E-state index contributed by atoms with van der Waals surface area (Å²) in [5.74, 6) is -0.919. The fraction of sp³-hybridized carbons (Fsp3) is 0.310. The van der Waals surface area contributed by atoms with Crippen LogP contribution >= 0.6 is 23.2 Å². The largest absolute Gasteiger partial charge is 0.357 e. The number of hydrogen-bond donors (Lipinski definition) is 3. The highest BCUT2D eigenvalue weighted by Crippen LogP contribution is 2.36. The van der Waals surface area contributed by atoms with Crippen molar-refractivity contribution in [2.24, 2.45) is 5.92 Å². The van der Waals surface area contributed by atoms with E-state index in [0.717, 1.165) is 11.1 Å². The van der Waals surface area contributed by atoms with Gasteiger partial charge in [0.05, 0.1) is 11.8 Å². The molecule has 11 heteroatoms. The van der Waals surface area contributed by atoms with Crippen LogP contribution in [0.2, 0.25) is 10.0 Å². The molecule has 1 saturated heterocycles. The predicted octanol–water partition coefficient (Wildman–Crippen LogP) is 4.63. The Morgan fingerprint density at radius 1 is 0.950 bits per heavy atom. The number of hydrogen-bond acceptors (Lipinski definition) is 5. The van der Waals surface area contributed by atoms with Gasteiger partial charge >= 0.3 is 0 Å². The molecule has 4 rings (SSSR count). The third-order valence-corrected chi connectivity index (χ3v) is 8.74. The number of sulfonamides is 1. The molecular formula is C29H32Cl2N4O4S. The number of carbonyl (C=O) groups is 2. The molecule has 1 aliphatic rings. The van der Waals surface area contributed by atoms with Crippen LogP contribution in [0, 0.1) is 12.8 Å². The second kappa shape index (κ2) is 12.6. The van der Waals surface area contributed by atoms with Crippen LogP contribution < -0.4 is 15.4 Å². The number of nitrogens with one attached hydrogen (secondary N) is 3. The Morgan fingerprint density at radius 3 is 2.02 bits per heavy atom. The number of benzene rings is 3. The lowest BCUT2D eigenvalue weighted by molar-refractivity contribution is -0.122. The van der Waals surface area contributed by atoms with E-state index >= 15 is 0 Å². The van der Waals surface area contributed by atoms with E-state index < -0.39 is 22.0 Å². The fourth-order valence-corrected chi connectivity index (χ4v) is 6.54. The van der Waals surface area contributed by atoms with Crippen molar-refractivity contribution in [3.05, 3.63) is 99.0 Å². The zero-order valence-electron chi connectivity index (χ0n) is 22.4. The van der Waals surface area contributed by atoms with E-state index in [4.69, 9.17) is 23.2 Å². The van der Waals surface area contributed by atoms with Crippen LogP contribution in [0.25, 0.3) is 0 Å². The first kappa shape index (κ1) is 29.9. The summed E-state index contributed by atoms with van der Waals surface area (Å²) in [6.07, 6.45) is 0. The molecule has 2 amide bonds. The summed E-state index contributed by atoms with van der Waals surface area (Å²) in [5, 5.41) is 6.39. The smallest absolute Gasteiger partial charge is 0.252 e. The SMILES string of the molecule is CNC(=O)[C@H](C)NC(=O)c1cc(C)cc(NS(=O)(=O)CC2CN(C(c3ccc(Cl)cc3)c3ccc(Cl)cc3)C2)c1. The minimum absolute atomic E-state index is 0.0549. The summed E-state index contributed by atoms with van der Waals surface area (Å²) in [6, 6.07) is 19.3. The standard InChI is InChI=1S/C29H32Cl2N4O4S/c1-18-12-23(29(37)33-19(2)28(36)32-3)14-26(13-18)34-40(38,39)17-20-15-35(16-20)27(21-4-8-24(30)9-5-21)22-6-10-25(31)11-7-22/h4-14,19-20,27,34H,15-17H2,1-3H3,(H,32,36)(H,33,37)/t19-/m0/s1. The van der Waals surface area contributed by atoms with Crippen LogP contribution in [0.15, 0.2) is 66.7 Å². The molecule has 0 spiro atoms. The second-order valence-electron chi connectivity index (χ2n) is 10.1. The molecule has 0 saturated carbocycles. The van der Waals surface area contributed by atoms with Crippen LogP contribution in [-0.2, 0) is 14.8 Å². The van der Waals surface area contributed by atoms with Gasteiger partial charge in [0.1, 0.15) is 6.04 Å². The van der Waals surface area contributed by atoms with E-state index in [1.807, 2.05) is 48.5 Å². The number of carbonyl (C=O) groups excluding carboxylic acids is 2. The molecule has 1 aliphatic heterocycles. The number of aryl methyl sites for hydroxylation is 1. The van der Waals surface area contributed by atoms with Crippen LogP contribution in [0.5, 0.6) is 0 Å². The fourth-order valence-electron chi connectivity index (χ4n) is 4.90. The highest BCUT2D eigenvalue weighted by molar-refractivity contribution is 7.92. The maximum absolute atomic E-state index is 13.1. The minimum atomic E-state index is -3.69. The number of likely N-dealkylation sites (tertiary alicyclic amines) is 1. The Hall–Kier alpha value is -3.11. The van der Waals surface area contributed by atoms with Gasteiger partial charge in [-0.2, -0.15) is 0 Å². The maximum Gasteiger partial charge on any atom is 0.252 e. The molecular weight excluding hydrogens is 571 g/mol. The van der Waals surface area contributed by atoms with Gasteiger partial charge in [0.15, 0.2) is 0 Å². The topological polar surface area (TPSA) is 108 Å². The molecule has 3 aromatic rings. The van der Waals surface area contributed by atoms with Crippen molar-refractivity contribution in [1.82, 2.24) is 15.5 Å². The first-order valence-corrected chi connectivity index (χ1v) is 15.2. The number of nitrogens with zero attached hydrogens (tertiary/aromatic N) is 1. The maximum atomic E-state index is 13.1. The van der Waals surface area contributed by atoms with Crippen LogP contribution in [0.4, 0.5) is 5.69 Å². The predicted molar refractivity (Wildman–Crippen MR) is 159 cm³/mol. The van der Waals surface area contributed by atoms with Crippen molar-refractivity contribution in [3.63, 3.8) is 0 Å². The molecule has 8 nitrogen and oxygen atoms in total. The normalized spacial score (nSPS) is 14.8. The quantitative estimate of drug-likeness (QED) is 0.313. The third kappa shape index (κ3) is 7.54. The molecule has 0 aliphatic carbocycles. The summed E-state index contributed by atoms with van der Waals surface area (Å²) in [4.78, 5) is 26.7. The number of anilines is 1. The molecule has 1 heterocycles. The van der Waals surface area contributed by atoms with E-state index in [1.54, 1.807) is 26.0 Å². The summed E-state index contributed by atoms with van der Waals surface area (Å²) in [7, 11) is -2.20. The number of rotatable bonds is 10. The lowest BCUT2D eigenvalue weighted by Crippen LogP contribution is -2.51. The van der Waals surface area contributed by atoms with Crippen LogP contribution in [-0.4, -0.2) is 57.1 Å². The summed E-state index contributed by atoms with van der Waals surface area (Å²) >= 11 is 12.2. The molecule has 0 unspecified atom stereocenters. The highest BCUT2D eigenvalue weighted by atomic mass is 35.5. The Balaban J connectivity index is 1.42. The third-order valence-electron chi connectivity index (χ3n) is 6.78. The van der Waals surface area contributed by atoms with Gasteiger partial charge in [-0.05, 0) is 73.0 Å². The molecule has 1 fully saturated rings. The van der Waals surface area contributed by atoms with Gasteiger partial charge < -0.3 is 10.6 Å². The molecule has 3 N–H and O–H groups in total. The minimum Gasteiger partial charge on any atom is -0.357 e. The average molecular weight is 604 g/mol. The number of amides is 2. The van der Waals surface area contributed by atoms with E-state index in [1.165, 1.54) is 13.1 Å². The Morgan fingerprint density at radius 2 is 1.50 bits per heavy atom. The van der Waals surface area contributed by atoms with Gasteiger partial charge in [-0.1, -0.05) is 47.5 Å². The van der Waals surface area contributed by atoms with Gasteiger partial charge in [-0.25, -0.2) is 8.42 Å². The Bertz CT molecular complexity index is 1430. The van der Waals surface area contributed by atoms with Gasteiger partial charge in [0.2, 0.25) is 15.9 Å². The van der Waals surface area contributed by atoms with Crippen LogP contribution in [0.1, 0.15) is 40.0 Å². The Kier molecular flexibility index (Phi) is 9.41. The lowest BCUT2D eigenvalue weighted by Gasteiger charge is -2.44. The molecule has 212 valence electrons. The van der Waals surface area contributed by atoms with Crippen molar-refractivity contribution < 1.29 is 18.0 Å². The van der Waals surface area contributed by atoms with Crippen molar-refractivity contribution >= 4 is 50.7 Å². The molecule has 40 heavy (non-hydrogen) atoms. The second-order valence-corrected chi connectivity index (χ2v) is 12.7. The summed E-state index contributed by atoms with van der Waals surface area (Å²) in [5.41, 5.74) is 3.39. The van der Waals surface area contributed by atoms with Crippen molar-refractivity contribution in [1.29, 1.82) is 0 Å². The first-order valence-electron chi connectivity index (χ1n) is 12.8. The zero-order valence-corrected chi connectivity index (χ0v) is 24.8. The molecule has 0 bridgehead atoms. The lowest BCUT2D eigenvalue weighted by atomic mass is 9.91. The van der Waals surface area contributed by atoms with E-state index in [2.05, 4.69) is 20.3 Å². The molecule has 0 aromatic heterocycles. The van der Waals surface area contributed by atoms with Gasteiger partial charge in [-0.15, -0.1) is 0 Å². The van der Waals surface area contributed by atoms with E-state index in [-0.39, 0.29) is 29.2 Å². The van der Waals surface area contributed by atoms with Gasteiger partial charge in [0.25, 0.3) is 5.91 Å². The van der Waals surface area contributed by atoms with Crippen LogP contribution in [0.3, 0.4) is 0 Å².